The molecule has 3 aromatic rings. The molecule has 3 rings (SSSR count). The molecule has 0 fully saturated rings. The van der Waals surface area contributed by atoms with Gasteiger partial charge in [0.15, 0.2) is 6.10 Å². The highest BCUT2D eigenvalue weighted by atomic mass is 16.5. The predicted molar refractivity (Wildman–Crippen MR) is 155 cm³/mol. The first-order valence-electron chi connectivity index (χ1n) is 13.7. The molecule has 0 saturated heterocycles. The Morgan fingerprint density at radius 3 is 2.07 bits per heavy atom. The van der Waals surface area contributed by atoms with Gasteiger partial charge in [0.2, 0.25) is 5.91 Å². The number of carbonyl (C=O) groups excluding carboxylic acids is 1. The monoisotopic (exact) mass is 563 g/mol. The van der Waals surface area contributed by atoms with Crippen LogP contribution in [0, 0.1) is 5.92 Å². The highest BCUT2D eigenvalue weighted by Gasteiger charge is 2.24. The van der Waals surface area contributed by atoms with Gasteiger partial charge in [-0.3, -0.25) is 9.59 Å². The third kappa shape index (κ3) is 10.2. The van der Waals surface area contributed by atoms with E-state index in [-0.39, 0.29) is 24.5 Å². The third-order valence-electron chi connectivity index (χ3n) is 6.54. The molecule has 9 heteroatoms. The summed E-state index contributed by atoms with van der Waals surface area (Å²) < 4.78 is 17.3. The standard InChI is InChI=1S/C32H37NO8/c1-22(31(35)36)17-18-29(32(37)38)41-28-16-7-6-15-27(28)33-30(34)23(2)24-11-10-14-26(21-24)40-20-9-8-19-39-25-12-4-3-5-13-25/h3-7,10-16,21-23,29H,8-9,17-20H2,1-2H3,(H,33,34)(H,35,36)(H,37,38). The van der Waals surface area contributed by atoms with Crippen LogP contribution in [0.1, 0.15) is 51.0 Å². The van der Waals surface area contributed by atoms with E-state index in [1.807, 2.05) is 54.6 Å². The summed E-state index contributed by atoms with van der Waals surface area (Å²) in [6.45, 7) is 4.40. The van der Waals surface area contributed by atoms with E-state index < -0.39 is 29.9 Å². The molecule has 0 aromatic heterocycles. The van der Waals surface area contributed by atoms with Gasteiger partial charge < -0.3 is 29.7 Å². The van der Waals surface area contributed by atoms with Crippen molar-refractivity contribution in [3.8, 4) is 17.2 Å². The SMILES string of the molecule is CC(CCC(Oc1ccccc1NC(=O)C(C)c1cccc(OCCCCOc2ccccc2)c1)C(=O)O)C(=O)O. The number of anilines is 1. The number of para-hydroxylation sites is 3. The number of benzene rings is 3. The van der Waals surface area contributed by atoms with E-state index in [1.165, 1.54) is 6.92 Å². The highest BCUT2D eigenvalue weighted by molar-refractivity contribution is 5.96. The number of hydrogen-bond donors (Lipinski definition) is 3. The summed E-state index contributed by atoms with van der Waals surface area (Å²) >= 11 is 0. The van der Waals surface area contributed by atoms with Gasteiger partial charge in [0.25, 0.3) is 0 Å². The van der Waals surface area contributed by atoms with Gasteiger partial charge in [-0.2, -0.15) is 0 Å². The van der Waals surface area contributed by atoms with E-state index >= 15 is 0 Å². The van der Waals surface area contributed by atoms with Crippen LogP contribution in [0.25, 0.3) is 0 Å². The lowest BCUT2D eigenvalue weighted by atomic mass is 10.00. The Labute approximate surface area is 240 Å². The molecule has 3 unspecified atom stereocenters. The first kappa shape index (κ1) is 31.0. The fourth-order valence-electron chi connectivity index (χ4n) is 3.95. The molecule has 0 heterocycles. The normalized spacial score (nSPS) is 12.9. The number of rotatable bonds is 17. The second-order valence-electron chi connectivity index (χ2n) is 9.76. The Morgan fingerprint density at radius 2 is 1.39 bits per heavy atom. The van der Waals surface area contributed by atoms with Crippen molar-refractivity contribution in [3.63, 3.8) is 0 Å². The van der Waals surface area contributed by atoms with Crippen molar-refractivity contribution >= 4 is 23.5 Å². The van der Waals surface area contributed by atoms with Gasteiger partial charge in [0, 0.05) is 0 Å². The molecule has 0 aliphatic carbocycles. The van der Waals surface area contributed by atoms with Gasteiger partial charge >= 0.3 is 11.9 Å². The molecular weight excluding hydrogens is 526 g/mol. The van der Waals surface area contributed by atoms with Crippen LogP contribution in [0.3, 0.4) is 0 Å². The minimum Gasteiger partial charge on any atom is -0.494 e. The molecule has 218 valence electrons. The molecule has 1 amide bonds. The van der Waals surface area contributed by atoms with Crippen molar-refractivity contribution in [3.05, 3.63) is 84.4 Å². The zero-order chi connectivity index (χ0) is 29.6. The lowest BCUT2D eigenvalue weighted by molar-refractivity contribution is -0.147. The number of nitrogens with one attached hydrogen (secondary N) is 1. The quantitative estimate of drug-likeness (QED) is 0.170. The minimum absolute atomic E-state index is 0.00826. The zero-order valence-corrected chi connectivity index (χ0v) is 23.3. The van der Waals surface area contributed by atoms with Crippen LogP contribution in [0.5, 0.6) is 17.2 Å². The number of amides is 1. The maximum atomic E-state index is 13.1. The van der Waals surface area contributed by atoms with E-state index in [4.69, 9.17) is 19.3 Å². The second-order valence-corrected chi connectivity index (χ2v) is 9.76. The molecular formula is C32H37NO8. The van der Waals surface area contributed by atoms with Crippen molar-refractivity contribution in [1.29, 1.82) is 0 Å². The molecule has 0 aliphatic heterocycles. The average molecular weight is 564 g/mol. The van der Waals surface area contributed by atoms with Crippen LogP contribution in [0.2, 0.25) is 0 Å². The molecule has 0 saturated carbocycles. The summed E-state index contributed by atoms with van der Waals surface area (Å²) in [5, 5.41) is 21.5. The molecule has 9 nitrogen and oxygen atoms in total. The second kappa shape index (κ2) is 15.9. The largest absolute Gasteiger partial charge is 0.494 e. The number of carbonyl (C=O) groups is 3. The van der Waals surface area contributed by atoms with Crippen molar-refractivity contribution in [2.45, 2.75) is 51.6 Å². The maximum absolute atomic E-state index is 13.1. The van der Waals surface area contributed by atoms with Gasteiger partial charge in [-0.25, -0.2) is 4.79 Å². The molecule has 0 bridgehead atoms. The van der Waals surface area contributed by atoms with Gasteiger partial charge in [0.05, 0.1) is 30.7 Å². The van der Waals surface area contributed by atoms with Crippen LogP contribution in [0.15, 0.2) is 78.9 Å². The van der Waals surface area contributed by atoms with E-state index in [1.54, 1.807) is 31.2 Å². The van der Waals surface area contributed by atoms with Crippen molar-refractivity contribution in [2.24, 2.45) is 5.92 Å². The van der Waals surface area contributed by atoms with Gasteiger partial charge in [-0.05, 0) is 74.6 Å². The number of ether oxygens (including phenoxy) is 3. The Morgan fingerprint density at radius 1 is 0.756 bits per heavy atom. The number of aliphatic carboxylic acids is 2. The summed E-state index contributed by atoms with van der Waals surface area (Å²) in [6, 6.07) is 23.6. The Bertz CT molecular complexity index is 1280. The van der Waals surface area contributed by atoms with Crippen molar-refractivity contribution in [1.82, 2.24) is 0 Å². The number of carboxylic acids is 2. The number of hydrogen-bond acceptors (Lipinski definition) is 6. The first-order valence-corrected chi connectivity index (χ1v) is 13.7. The molecule has 3 N–H and O–H groups in total. The summed E-state index contributed by atoms with van der Waals surface area (Å²) in [5.74, 6) is -2.05. The zero-order valence-electron chi connectivity index (χ0n) is 23.3. The average Bonchev–Trinajstić information content (AvgIpc) is 2.97. The summed E-state index contributed by atoms with van der Waals surface area (Å²) in [4.78, 5) is 36.0. The van der Waals surface area contributed by atoms with Gasteiger partial charge in [0.1, 0.15) is 17.2 Å². The fraction of sp³-hybridized carbons (Fsp3) is 0.344. The summed E-state index contributed by atoms with van der Waals surface area (Å²) in [7, 11) is 0. The summed E-state index contributed by atoms with van der Waals surface area (Å²) in [5.41, 5.74) is 1.09. The van der Waals surface area contributed by atoms with Crippen LogP contribution in [-0.4, -0.2) is 47.4 Å². The van der Waals surface area contributed by atoms with Crippen LogP contribution in [0.4, 0.5) is 5.69 Å². The highest BCUT2D eigenvalue weighted by Crippen LogP contribution is 2.29. The van der Waals surface area contributed by atoms with Crippen molar-refractivity contribution in [2.75, 3.05) is 18.5 Å². The number of carboxylic acid groups (broad SMARTS) is 2. The van der Waals surface area contributed by atoms with Crippen molar-refractivity contribution < 1.29 is 38.8 Å². The van der Waals surface area contributed by atoms with Gasteiger partial charge in [-0.1, -0.05) is 49.4 Å². The molecule has 0 radical (unpaired) electrons. The summed E-state index contributed by atoms with van der Waals surface area (Å²) in [6.07, 6.45) is 0.546. The number of unbranched alkanes of at least 4 members (excludes halogenated alkanes) is 1. The van der Waals surface area contributed by atoms with Crippen LogP contribution < -0.4 is 19.5 Å². The molecule has 3 atom stereocenters. The fourth-order valence-corrected chi connectivity index (χ4v) is 3.95. The third-order valence-corrected chi connectivity index (χ3v) is 6.54. The first-order chi connectivity index (χ1) is 19.7. The van der Waals surface area contributed by atoms with E-state index in [0.717, 1.165) is 24.2 Å². The van der Waals surface area contributed by atoms with Gasteiger partial charge in [-0.15, -0.1) is 0 Å². The Kier molecular flexibility index (Phi) is 12.0. The van der Waals surface area contributed by atoms with Crippen LogP contribution in [-0.2, 0) is 14.4 Å². The minimum atomic E-state index is -1.26. The molecule has 0 aliphatic rings. The topological polar surface area (TPSA) is 131 Å². The van der Waals surface area contributed by atoms with E-state index in [2.05, 4.69) is 5.32 Å². The lowest BCUT2D eigenvalue weighted by Gasteiger charge is -2.20. The maximum Gasteiger partial charge on any atom is 0.344 e. The molecule has 3 aromatic carbocycles. The predicted octanol–water partition coefficient (Wildman–Crippen LogP) is 6.00. The molecule has 41 heavy (non-hydrogen) atoms. The van der Waals surface area contributed by atoms with E-state index in [0.29, 0.717) is 24.7 Å². The van der Waals surface area contributed by atoms with Crippen LogP contribution >= 0.6 is 0 Å². The molecule has 0 spiro atoms. The Balaban J connectivity index is 1.53. The lowest BCUT2D eigenvalue weighted by Crippen LogP contribution is -2.29. The van der Waals surface area contributed by atoms with E-state index in [9.17, 15) is 19.5 Å². The Hall–Kier alpha value is -4.53. The smallest absolute Gasteiger partial charge is 0.344 e.